The van der Waals surface area contributed by atoms with Crippen LogP contribution in [-0.2, 0) is 19.0 Å². The molecule has 1 atom stereocenters. The Kier molecular flexibility index (Phi) is 8.24. The third-order valence-corrected chi connectivity index (χ3v) is 1.66. The van der Waals surface area contributed by atoms with Crippen molar-refractivity contribution in [3.63, 3.8) is 0 Å². The zero-order valence-electron chi connectivity index (χ0n) is 9.95. The number of hydrogen-bond acceptors (Lipinski definition) is 5. The quantitative estimate of drug-likeness (QED) is 0.517. The molecule has 1 unspecified atom stereocenters. The minimum absolute atomic E-state index is 0.152. The molecule has 0 heterocycles. The van der Waals surface area contributed by atoms with Crippen LogP contribution < -0.4 is 5.32 Å². The van der Waals surface area contributed by atoms with Crippen LogP contribution in [0.1, 0.15) is 20.3 Å². The zero-order chi connectivity index (χ0) is 12.4. The molecule has 0 aromatic carbocycles. The van der Waals surface area contributed by atoms with Crippen LogP contribution in [0.15, 0.2) is 0 Å². The van der Waals surface area contributed by atoms with Gasteiger partial charge in [-0.25, -0.2) is 9.59 Å². The molecule has 94 valence electrons. The third-order valence-electron chi connectivity index (χ3n) is 1.66. The van der Waals surface area contributed by atoms with E-state index in [1.165, 1.54) is 14.0 Å². The highest BCUT2D eigenvalue weighted by atomic mass is 16.6. The SMILES string of the molecule is CCCOC(=O)C(C)NC(=O)OCCOC. The van der Waals surface area contributed by atoms with Crippen LogP contribution in [0.5, 0.6) is 0 Å². The standard InChI is InChI=1S/C10H19NO5/c1-4-5-15-9(12)8(2)11-10(13)16-7-6-14-3/h8H,4-7H2,1-3H3,(H,11,13). The average Bonchev–Trinajstić information content (AvgIpc) is 2.26. The zero-order valence-corrected chi connectivity index (χ0v) is 9.95. The minimum Gasteiger partial charge on any atom is -0.464 e. The fourth-order valence-electron chi connectivity index (χ4n) is 0.823. The van der Waals surface area contributed by atoms with Crippen molar-refractivity contribution in [3.8, 4) is 0 Å². The average molecular weight is 233 g/mol. The fraction of sp³-hybridized carbons (Fsp3) is 0.800. The number of rotatable bonds is 7. The first kappa shape index (κ1) is 14.7. The molecule has 16 heavy (non-hydrogen) atoms. The number of carbonyl (C=O) groups is 2. The summed E-state index contributed by atoms with van der Waals surface area (Å²) < 4.78 is 14.3. The van der Waals surface area contributed by atoms with Crippen molar-refractivity contribution in [2.45, 2.75) is 26.3 Å². The third kappa shape index (κ3) is 7.05. The lowest BCUT2D eigenvalue weighted by Crippen LogP contribution is -2.40. The Morgan fingerprint density at radius 1 is 1.19 bits per heavy atom. The van der Waals surface area contributed by atoms with Gasteiger partial charge in [0.25, 0.3) is 0 Å². The Balaban J connectivity index is 3.71. The molecule has 0 saturated heterocycles. The van der Waals surface area contributed by atoms with E-state index in [0.29, 0.717) is 13.2 Å². The van der Waals surface area contributed by atoms with Gasteiger partial charge in [-0.1, -0.05) is 6.92 Å². The summed E-state index contributed by atoms with van der Waals surface area (Å²) >= 11 is 0. The molecule has 0 spiro atoms. The summed E-state index contributed by atoms with van der Waals surface area (Å²) in [5.41, 5.74) is 0. The number of esters is 1. The summed E-state index contributed by atoms with van der Waals surface area (Å²) in [4.78, 5) is 22.4. The maximum Gasteiger partial charge on any atom is 0.407 e. The molecule has 0 aliphatic rings. The van der Waals surface area contributed by atoms with Gasteiger partial charge in [-0.05, 0) is 13.3 Å². The molecule has 6 heteroatoms. The smallest absolute Gasteiger partial charge is 0.407 e. The Morgan fingerprint density at radius 3 is 2.44 bits per heavy atom. The topological polar surface area (TPSA) is 73.9 Å². The van der Waals surface area contributed by atoms with Gasteiger partial charge in [-0.2, -0.15) is 0 Å². The summed E-state index contributed by atoms with van der Waals surface area (Å²) in [5, 5.41) is 2.36. The molecule has 1 N–H and O–H groups in total. The van der Waals surface area contributed by atoms with E-state index in [9.17, 15) is 9.59 Å². The Hall–Kier alpha value is -1.30. The van der Waals surface area contributed by atoms with Crippen LogP contribution >= 0.6 is 0 Å². The van der Waals surface area contributed by atoms with Crippen molar-refractivity contribution in [2.75, 3.05) is 26.9 Å². The second-order valence-corrected chi connectivity index (χ2v) is 3.16. The van der Waals surface area contributed by atoms with E-state index in [0.717, 1.165) is 6.42 Å². The highest BCUT2D eigenvalue weighted by Gasteiger charge is 2.17. The predicted molar refractivity (Wildman–Crippen MR) is 57.1 cm³/mol. The number of carbonyl (C=O) groups excluding carboxylic acids is 2. The van der Waals surface area contributed by atoms with Crippen molar-refractivity contribution in [1.82, 2.24) is 5.32 Å². The van der Waals surface area contributed by atoms with E-state index >= 15 is 0 Å². The molecule has 1 amide bonds. The molecule has 0 aromatic heterocycles. The lowest BCUT2D eigenvalue weighted by atomic mass is 10.3. The minimum atomic E-state index is -0.707. The maximum atomic E-state index is 11.3. The lowest BCUT2D eigenvalue weighted by molar-refractivity contribution is -0.145. The van der Waals surface area contributed by atoms with Gasteiger partial charge in [0.2, 0.25) is 0 Å². The number of ether oxygens (including phenoxy) is 3. The van der Waals surface area contributed by atoms with Gasteiger partial charge in [0, 0.05) is 7.11 Å². The van der Waals surface area contributed by atoms with E-state index in [4.69, 9.17) is 14.2 Å². The molecule has 0 saturated carbocycles. The number of methoxy groups -OCH3 is 1. The van der Waals surface area contributed by atoms with E-state index in [-0.39, 0.29) is 6.61 Å². The summed E-state index contributed by atoms with van der Waals surface area (Å²) in [7, 11) is 1.51. The molecular weight excluding hydrogens is 214 g/mol. The Morgan fingerprint density at radius 2 is 1.88 bits per heavy atom. The monoisotopic (exact) mass is 233 g/mol. The first-order valence-corrected chi connectivity index (χ1v) is 5.20. The Labute approximate surface area is 95.2 Å². The normalized spacial score (nSPS) is 11.7. The van der Waals surface area contributed by atoms with Crippen LogP contribution in [0.2, 0.25) is 0 Å². The van der Waals surface area contributed by atoms with Gasteiger partial charge in [-0.3, -0.25) is 0 Å². The highest BCUT2D eigenvalue weighted by molar-refractivity contribution is 5.80. The highest BCUT2D eigenvalue weighted by Crippen LogP contribution is 1.91. The summed E-state index contributed by atoms with van der Waals surface area (Å²) in [6, 6.07) is -0.707. The van der Waals surface area contributed by atoms with Gasteiger partial charge in [0.15, 0.2) is 0 Å². The summed E-state index contributed by atoms with van der Waals surface area (Å²) in [5.74, 6) is -0.467. The largest absolute Gasteiger partial charge is 0.464 e. The molecule has 0 aliphatic heterocycles. The number of amides is 1. The first-order chi connectivity index (χ1) is 7.61. The van der Waals surface area contributed by atoms with E-state index in [1.54, 1.807) is 0 Å². The predicted octanol–water partition coefficient (Wildman–Crippen LogP) is 0.701. The Bertz CT molecular complexity index is 219. The number of hydrogen-bond donors (Lipinski definition) is 1. The van der Waals surface area contributed by atoms with E-state index in [1.807, 2.05) is 6.92 Å². The molecule has 0 aromatic rings. The second kappa shape index (κ2) is 8.96. The molecule has 0 radical (unpaired) electrons. The van der Waals surface area contributed by atoms with Crippen LogP contribution in [-0.4, -0.2) is 45.0 Å². The molecule has 0 rings (SSSR count). The van der Waals surface area contributed by atoms with Crippen LogP contribution in [0, 0.1) is 0 Å². The molecule has 0 bridgehead atoms. The van der Waals surface area contributed by atoms with Crippen LogP contribution in [0.25, 0.3) is 0 Å². The van der Waals surface area contributed by atoms with Gasteiger partial charge in [0.05, 0.1) is 13.2 Å². The van der Waals surface area contributed by atoms with Crippen molar-refractivity contribution in [3.05, 3.63) is 0 Å². The fourth-order valence-corrected chi connectivity index (χ4v) is 0.823. The van der Waals surface area contributed by atoms with Crippen molar-refractivity contribution in [1.29, 1.82) is 0 Å². The summed E-state index contributed by atoms with van der Waals surface area (Å²) in [6.45, 7) is 4.25. The van der Waals surface area contributed by atoms with Gasteiger partial charge >= 0.3 is 12.1 Å². The van der Waals surface area contributed by atoms with Crippen molar-refractivity contribution in [2.24, 2.45) is 0 Å². The van der Waals surface area contributed by atoms with Crippen LogP contribution in [0.4, 0.5) is 4.79 Å². The maximum absolute atomic E-state index is 11.3. The second-order valence-electron chi connectivity index (χ2n) is 3.16. The van der Waals surface area contributed by atoms with E-state index in [2.05, 4.69) is 5.32 Å². The molecular formula is C10H19NO5. The van der Waals surface area contributed by atoms with Crippen molar-refractivity contribution < 1.29 is 23.8 Å². The van der Waals surface area contributed by atoms with Gasteiger partial charge in [-0.15, -0.1) is 0 Å². The van der Waals surface area contributed by atoms with Crippen LogP contribution in [0.3, 0.4) is 0 Å². The van der Waals surface area contributed by atoms with Gasteiger partial charge < -0.3 is 19.5 Å². The number of alkyl carbamates (subject to hydrolysis) is 1. The first-order valence-electron chi connectivity index (χ1n) is 5.20. The molecule has 0 fully saturated rings. The lowest BCUT2D eigenvalue weighted by Gasteiger charge is -2.12. The van der Waals surface area contributed by atoms with Gasteiger partial charge in [0.1, 0.15) is 12.6 Å². The van der Waals surface area contributed by atoms with Crippen molar-refractivity contribution >= 4 is 12.1 Å². The summed E-state index contributed by atoms with van der Waals surface area (Å²) in [6.07, 6.45) is 0.0921. The molecule has 6 nitrogen and oxygen atoms in total. The number of nitrogens with one attached hydrogen (secondary N) is 1. The van der Waals surface area contributed by atoms with E-state index < -0.39 is 18.1 Å². The molecule has 0 aliphatic carbocycles.